The van der Waals surface area contributed by atoms with Crippen LogP contribution in [0.5, 0.6) is 0 Å². The average molecular weight is 269 g/mol. The van der Waals surface area contributed by atoms with Crippen molar-refractivity contribution in [3.05, 3.63) is 39.6 Å². The van der Waals surface area contributed by atoms with Gasteiger partial charge in [0.15, 0.2) is 17.3 Å². The third-order valence-corrected chi connectivity index (χ3v) is 2.54. The minimum absolute atomic E-state index is 0.0422. The predicted molar refractivity (Wildman–Crippen MR) is 61.7 cm³/mol. The van der Waals surface area contributed by atoms with E-state index in [0.29, 0.717) is 24.2 Å². The molecule has 0 saturated carbocycles. The Morgan fingerprint density at radius 1 is 1.47 bits per heavy atom. The molecule has 0 bridgehead atoms. The second-order valence-corrected chi connectivity index (χ2v) is 3.70. The van der Waals surface area contributed by atoms with Gasteiger partial charge in [0.05, 0.1) is 16.7 Å². The highest BCUT2D eigenvalue weighted by molar-refractivity contribution is 5.55. The van der Waals surface area contributed by atoms with Gasteiger partial charge in [-0.05, 0) is 6.42 Å². The Morgan fingerprint density at radius 2 is 2.16 bits per heavy atom. The van der Waals surface area contributed by atoms with Crippen LogP contribution in [0.4, 0.5) is 20.3 Å². The normalized spacial score (nSPS) is 10.7. The van der Waals surface area contributed by atoms with E-state index in [1.165, 1.54) is 0 Å². The van der Waals surface area contributed by atoms with Crippen LogP contribution in [0.15, 0.2) is 12.1 Å². The summed E-state index contributed by atoms with van der Waals surface area (Å²) in [6.45, 7) is 1.71. The maximum Gasteiger partial charge on any atom is 0.300 e. The van der Waals surface area contributed by atoms with Crippen LogP contribution in [-0.2, 0) is 6.42 Å². The maximum absolute atomic E-state index is 13.8. The van der Waals surface area contributed by atoms with Crippen molar-refractivity contribution in [3.8, 4) is 5.69 Å². The summed E-state index contributed by atoms with van der Waals surface area (Å²) in [7, 11) is 0. The molecule has 2 N–H and O–H groups in total. The van der Waals surface area contributed by atoms with E-state index >= 15 is 0 Å². The number of nitro groups is 1. The predicted octanol–water partition coefficient (Wildman–Crippen LogP) is 1.60. The highest BCUT2D eigenvalue weighted by Crippen LogP contribution is 2.28. The number of nitrogen functional groups attached to an aromatic ring is 1. The Labute approximate surface area is 105 Å². The van der Waals surface area contributed by atoms with Crippen LogP contribution in [0.1, 0.15) is 12.6 Å². The first-order valence-corrected chi connectivity index (χ1v) is 5.29. The van der Waals surface area contributed by atoms with Crippen LogP contribution in [0, 0.1) is 21.7 Å². The van der Waals surface area contributed by atoms with Gasteiger partial charge >= 0.3 is 5.69 Å². The number of hydrogen-bond donors (Lipinski definition) is 1. The lowest BCUT2D eigenvalue weighted by atomic mass is 10.2. The fourth-order valence-corrected chi connectivity index (χ4v) is 1.72. The molecule has 0 radical (unpaired) electrons. The second-order valence-electron chi connectivity index (χ2n) is 3.70. The van der Waals surface area contributed by atoms with Crippen molar-refractivity contribution in [1.29, 1.82) is 0 Å². The van der Waals surface area contributed by atoms with Gasteiger partial charge in [-0.3, -0.25) is 10.1 Å². The zero-order valence-corrected chi connectivity index (χ0v) is 9.80. The zero-order valence-electron chi connectivity index (χ0n) is 9.80. The van der Waals surface area contributed by atoms with Crippen LogP contribution in [-0.4, -0.2) is 19.9 Å². The van der Waals surface area contributed by atoms with Gasteiger partial charge in [0.2, 0.25) is 0 Å². The lowest BCUT2D eigenvalue weighted by Crippen LogP contribution is -2.09. The minimum Gasteiger partial charge on any atom is -0.381 e. The van der Waals surface area contributed by atoms with E-state index in [-0.39, 0.29) is 5.82 Å². The zero-order chi connectivity index (χ0) is 14.2. The lowest BCUT2D eigenvalue weighted by molar-refractivity contribution is -0.385. The molecule has 2 rings (SSSR count). The Kier molecular flexibility index (Phi) is 3.11. The molecule has 0 fully saturated rings. The molecule has 100 valence electrons. The van der Waals surface area contributed by atoms with E-state index in [1.54, 1.807) is 6.92 Å². The Morgan fingerprint density at radius 3 is 2.74 bits per heavy atom. The molecule has 0 saturated heterocycles. The molecule has 9 heteroatoms. The molecule has 0 amide bonds. The van der Waals surface area contributed by atoms with Crippen LogP contribution in [0.25, 0.3) is 5.69 Å². The monoisotopic (exact) mass is 269 g/mol. The molecule has 0 atom stereocenters. The number of benzene rings is 1. The van der Waals surface area contributed by atoms with Crippen LogP contribution < -0.4 is 5.73 Å². The van der Waals surface area contributed by atoms with E-state index in [4.69, 9.17) is 5.73 Å². The highest BCUT2D eigenvalue weighted by atomic mass is 19.1. The van der Waals surface area contributed by atoms with E-state index in [9.17, 15) is 18.9 Å². The number of rotatable bonds is 3. The van der Waals surface area contributed by atoms with Gasteiger partial charge in [-0.15, -0.1) is 5.10 Å². The van der Waals surface area contributed by atoms with Crippen LogP contribution in [0.3, 0.4) is 0 Å². The summed E-state index contributed by atoms with van der Waals surface area (Å²) in [6.07, 6.45) is 0.340. The highest BCUT2D eigenvalue weighted by Gasteiger charge is 2.25. The van der Waals surface area contributed by atoms with Gasteiger partial charge in [0, 0.05) is 6.07 Å². The molecule has 1 heterocycles. The van der Waals surface area contributed by atoms with Crippen molar-refractivity contribution in [1.82, 2.24) is 15.0 Å². The fraction of sp³-hybridized carbons (Fsp3) is 0.200. The maximum atomic E-state index is 13.8. The minimum atomic E-state index is -1.11. The van der Waals surface area contributed by atoms with E-state index in [0.717, 1.165) is 4.68 Å². The van der Waals surface area contributed by atoms with Gasteiger partial charge in [-0.25, -0.2) is 13.5 Å². The summed E-state index contributed by atoms with van der Waals surface area (Å²) in [5, 5.41) is 18.0. The molecular weight excluding hydrogens is 260 g/mol. The van der Waals surface area contributed by atoms with Crippen molar-refractivity contribution in [3.63, 3.8) is 0 Å². The molecule has 0 aliphatic heterocycles. The number of nitrogens with zero attached hydrogens (tertiary/aromatic N) is 4. The molecule has 0 spiro atoms. The van der Waals surface area contributed by atoms with Gasteiger partial charge < -0.3 is 5.73 Å². The molecular formula is C10H9F2N5O2. The third-order valence-electron chi connectivity index (χ3n) is 2.54. The first-order valence-electron chi connectivity index (χ1n) is 5.29. The molecule has 0 aliphatic carbocycles. The number of nitrogens with two attached hydrogens (primary N) is 1. The molecule has 19 heavy (non-hydrogen) atoms. The smallest absolute Gasteiger partial charge is 0.300 e. The first-order chi connectivity index (χ1) is 8.95. The number of halogens is 2. The number of aromatic nitrogens is 3. The van der Waals surface area contributed by atoms with Crippen molar-refractivity contribution >= 4 is 11.5 Å². The van der Waals surface area contributed by atoms with Crippen molar-refractivity contribution in [2.45, 2.75) is 13.3 Å². The van der Waals surface area contributed by atoms with Crippen molar-refractivity contribution in [2.75, 3.05) is 5.73 Å². The summed E-state index contributed by atoms with van der Waals surface area (Å²) < 4.78 is 27.8. The summed E-state index contributed by atoms with van der Waals surface area (Å²) in [5.41, 5.74) is 4.63. The van der Waals surface area contributed by atoms with Gasteiger partial charge in [0.25, 0.3) is 0 Å². The Hall–Kier alpha value is -2.58. The van der Waals surface area contributed by atoms with Gasteiger partial charge in [-0.1, -0.05) is 12.1 Å². The lowest BCUT2D eigenvalue weighted by Gasteiger charge is -2.07. The van der Waals surface area contributed by atoms with E-state index < -0.39 is 27.9 Å². The second kappa shape index (κ2) is 4.59. The first kappa shape index (κ1) is 12.9. The van der Waals surface area contributed by atoms with Crippen LogP contribution >= 0.6 is 0 Å². The van der Waals surface area contributed by atoms with Crippen molar-refractivity contribution in [2.24, 2.45) is 0 Å². The van der Waals surface area contributed by atoms with Crippen LogP contribution in [0.2, 0.25) is 0 Å². The molecule has 1 aromatic heterocycles. The van der Waals surface area contributed by atoms with Gasteiger partial charge in [-0.2, -0.15) is 0 Å². The molecule has 1 aromatic carbocycles. The third kappa shape index (κ3) is 2.09. The average Bonchev–Trinajstić information content (AvgIpc) is 2.69. The quantitative estimate of drug-likeness (QED) is 0.673. The largest absolute Gasteiger partial charge is 0.381 e. The fourth-order valence-electron chi connectivity index (χ4n) is 1.72. The molecule has 7 nitrogen and oxygen atoms in total. The summed E-state index contributed by atoms with van der Waals surface area (Å²) in [5.74, 6) is -2.11. The molecule has 0 unspecified atom stereocenters. The SMILES string of the molecule is CCc1c(N)nnn1-c1c(F)cc(F)cc1[N+](=O)[O-]. The standard InChI is InChI=1S/C10H9F2N5O2/c1-2-7-10(13)14-15-16(7)9-6(12)3-5(11)4-8(9)17(18)19/h3-4H,2,13H2,1H3. The molecule has 0 aliphatic rings. The number of hydrogen-bond acceptors (Lipinski definition) is 5. The van der Waals surface area contributed by atoms with Gasteiger partial charge in [0.1, 0.15) is 5.82 Å². The topological polar surface area (TPSA) is 99.9 Å². The summed E-state index contributed by atoms with van der Waals surface area (Å²) >= 11 is 0. The summed E-state index contributed by atoms with van der Waals surface area (Å²) in [6, 6.07) is 1.16. The summed E-state index contributed by atoms with van der Waals surface area (Å²) in [4.78, 5) is 10.00. The Balaban J connectivity index is 2.77. The number of nitro benzene ring substituents is 1. The van der Waals surface area contributed by atoms with E-state index in [1.807, 2.05) is 0 Å². The Bertz CT molecular complexity index is 656. The van der Waals surface area contributed by atoms with E-state index in [2.05, 4.69) is 10.3 Å². The number of anilines is 1. The molecule has 2 aromatic rings. The van der Waals surface area contributed by atoms with Crippen molar-refractivity contribution < 1.29 is 13.7 Å².